The molecular formula is C12H18N4O4S. The Morgan fingerprint density at radius 3 is 2.62 bits per heavy atom. The van der Waals surface area contributed by atoms with Crippen LogP contribution < -0.4 is 16.0 Å². The molecule has 116 valence electrons. The number of nitrogens with zero attached hydrogens (tertiary/aromatic N) is 1. The summed E-state index contributed by atoms with van der Waals surface area (Å²) < 4.78 is 27.5. The summed E-state index contributed by atoms with van der Waals surface area (Å²) in [5.74, 6) is 5.46. The van der Waals surface area contributed by atoms with Crippen LogP contribution in [0.15, 0.2) is 23.1 Å². The van der Waals surface area contributed by atoms with Crippen LogP contribution in [0.5, 0.6) is 0 Å². The lowest BCUT2D eigenvalue weighted by atomic mass is 10.1. The van der Waals surface area contributed by atoms with Crippen LogP contribution in [-0.2, 0) is 10.0 Å². The Hall–Kier alpha value is -1.71. The Balaban J connectivity index is 2.40. The number of nitrogens with two attached hydrogens (primary N) is 1. The first-order valence-corrected chi connectivity index (χ1v) is 8.11. The quantitative estimate of drug-likeness (QED) is 0.427. The van der Waals surface area contributed by atoms with Gasteiger partial charge in [-0.05, 0) is 30.9 Å². The van der Waals surface area contributed by atoms with E-state index in [-0.39, 0.29) is 16.9 Å². The number of hydrogen-bond donors (Lipinski definition) is 3. The van der Waals surface area contributed by atoms with E-state index in [0.29, 0.717) is 5.69 Å². The number of nitro benzene ring substituents is 1. The maximum atomic E-state index is 12.4. The van der Waals surface area contributed by atoms with Gasteiger partial charge in [-0.1, -0.05) is 13.3 Å². The third kappa shape index (κ3) is 3.31. The van der Waals surface area contributed by atoms with Crippen LogP contribution in [0.4, 0.5) is 11.4 Å². The van der Waals surface area contributed by atoms with Crippen LogP contribution >= 0.6 is 0 Å². The summed E-state index contributed by atoms with van der Waals surface area (Å²) in [4.78, 5) is 9.94. The summed E-state index contributed by atoms with van der Waals surface area (Å²) >= 11 is 0. The number of nitrogens with one attached hydrogen (secondary N) is 2. The van der Waals surface area contributed by atoms with Gasteiger partial charge in [0.1, 0.15) is 0 Å². The first kappa shape index (κ1) is 15.7. The highest BCUT2D eigenvalue weighted by molar-refractivity contribution is 7.89. The molecule has 4 N–H and O–H groups in total. The van der Waals surface area contributed by atoms with Crippen molar-refractivity contribution >= 4 is 21.4 Å². The number of benzene rings is 1. The van der Waals surface area contributed by atoms with Gasteiger partial charge >= 0.3 is 0 Å². The monoisotopic (exact) mass is 314 g/mol. The van der Waals surface area contributed by atoms with E-state index in [1.807, 2.05) is 6.92 Å². The molecule has 2 unspecified atom stereocenters. The molecule has 0 spiro atoms. The van der Waals surface area contributed by atoms with Crippen molar-refractivity contribution in [3.8, 4) is 0 Å². The molecule has 1 aromatic rings. The van der Waals surface area contributed by atoms with E-state index in [0.717, 1.165) is 25.3 Å². The summed E-state index contributed by atoms with van der Waals surface area (Å²) in [5, 5.41) is 11.0. The molecule has 1 aliphatic carbocycles. The van der Waals surface area contributed by atoms with Crippen LogP contribution in [0.2, 0.25) is 0 Å². The molecule has 1 saturated carbocycles. The van der Waals surface area contributed by atoms with Crippen LogP contribution in [0.25, 0.3) is 0 Å². The Labute approximate surface area is 122 Å². The second-order valence-corrected chi connectivity index (χ2v) is 6.90. The second-order valence-electron chi connectivity index (χ2n) is 5.22. The van der Waals surface area contributed by atoms with Crippen molar-refractivity contribution in [1.29, 1.82) is 0 Å². The molecule has 0 aliphatic heterocycles. The van der Waals surface area contributed by atoms with Gasteiger partial charge in [0.2, 0.25) is 10.0 Å². The minimum Gasteiger partial charge on any atom is -0.324 e. The van der Waals surface area contributed by atoms with Crippen molar-refractivity contribution in [3.05, 3.63) is 28.3 Å². The Morgan fingerprint density at radius 1 is 1.38 bits per heavy atom. The highest BCUT2D eigenvalue weighted by Gasteiger charge is 2.32. The molecular weight excluding hydrogens is 296 g/mol. The zero-order valence-electron chi connectivity index (χ0n) is 11.6. The third-order valence-corrected chi connectivity index (χ3v) is 5.30. The van der Waals surface area contributed by atoms with Gasteiger partial charge in [0, 0.05) is 12.1 Å². The number of nitro groups is 1. The molecule has 0 radical (unpaired) electrons. The van der Waals surface area contributed by atoms with E-state index in [4.69, 9.17) is 5.84 Å². The maximum Gasteiger partial charge on any atom is 0.289 e. The summed E-state index contributed by atoms with van der Waals surface area (Å²) in [7, 11) is -3.97. The lowest BCUT2D eigenvalue weighted by molar-refractivity contribution is -0.387. The van der Waals surface area contributed by atoms with Gasteiger partial charge in [0.15, 0.2) is 4.90 Å². The zero-order valence-corrected chi connectivity index (χ0v) is 12.4. The summed E-state index contributed by atoms with van der Waals surface area (Å²) in [6.45, 7) is 1.96. The highest BCUT2D eigenvalue weighted by atomic mass is 32.2. The molecule has 0 aromatic heterocycles. The molecule has 0 bridgehead atoms. The molecule has 9 heteroatoms. The molecule has 0 saturated heterocycles. The van der Waals surface area contributed by atoms with E-state index in [1.165, 1.54) is 12.1 Å². The van der Waals surface area contributed by atoms with Crippen LogP contribution in [-0.4, -0.2) is 19.4 Å². The lowest BCUT2D eigenvalue weighted by Gasteiger charge is -2.17. The van der Waals surface area contributed by atoms with Crippen molar-refractivity contribution in [3.63, 3.8) is 0 Å². The summed E-state index contributed by atoms with van der Waals surface area (Å²) in [5.41, 5.74) is 2.12. The molecule has 1 aliphatic rings. The number of nitrogen functional groups attached to an aromatic ring is 1. The Morgan fingerprint density at radius 2 is 2.10 bits per heavy atom. The van der Waals surface area contributed by atoms with Gasteiger partial charge in [0.25, 0.3) is 5.69 Å². The smallest absolute Gasteiger partial charge is 0.289 e. The van der Waals surface area contributed by atoms with E-state index >= 15 is 0 Å². The largest absolute Gasteiger partial charge is 0.324 e. The fourth-order valence-corrected chi connectivity index (χ4v) is 4.13. The predicted octanol–water partition coefficient (Wildman–Crippen LogP) is 1.35. The molecule has 21 heavy (non-hydrogen) atoms. The van der Waals surface area contributed by atoms with Gasteiger partial charge < -0.3 is 5.43 Å². The van der Waals surface area contributed by atoms with Gasteiger partial charge in [-0.15, -0.1) is 0 Å². The van der Waals surface area contributed by atoms with Crippen molar-refractivity contribution in [1.82, 2.24) is 4.72 Å². The fraction of sp³-hybridized carbons (Fsp3) is 0.500. The van der Waals surface area contributed by atoms with Crippen molar-refractivity contribution in [2.24, 2.45) is 11.8 Å². The predicted molar refractivity (Wildman–Crippen MR) is 78.0 cm³/mol. The fourth-order valence-electron chi connectivity index (χ4n) is 2.55. The number of hydrazine groups is 1. The SMILES string of the molecule is CC1CCCC1NS(=O)(=O)c1cc(NN)ccc1[N+](=O)[O-]. The van der Waals surface area contributed by atoms with E-state index in [1.54, 1.807) is 0 Å². The van der Waals surface area contributed by atoms with Gasteiger partial charge in [-0.25, -0.2) is 13.1 Å². The van der Waals surface area contributed by atoms with Crippen LogP contribution in [0.1, 0.15) is 26.2 Å². The molecule has 1 aromatic carbocycles. The first-order chi connectivity index (χ1) is 9.85. The maximum absolute atomic E-state index is 12.4. The molecule has 0 amide bonds. The average molecular weight is 314 g/mol. The molecule has 8 nitrogen and oxygen atoms in total. The topological polar surface area (TPSA) is 127 Å². The van der Waals surface area contributed by atoms with E-state index in [2.05, 4.69) is 10.1 Å². The number of hydrogen-bond acceptors (Lipinski definition) is 6. The normalized spacial score (nSPS) is 22.2. The van der Waals surface area contributed by atoms with Gasteiger partial charge in [-0.3, -0.25) is 16.0 Å². The van der Waals surface area contributed by atoms with Gasteiger partial charge in [0.05, 0.1) is 10.6 Å². The highest BCUT2D eigenvalue weighted by Crippen LogP contribution is 2.30. The minimum atomic E-state index is -3.97. The first-order valence-electron chi connectivity index (χ1n) is 6.62. The molecule has 0 heterocycles. The number of anilines is 1. The molecule has 2 rings (SSSR count). The minimum absolute atomic E-state index is 0.191. The van der Waals surface area contributed by atoms with Gasteiger partial charge in [-0.2, -0.15) is 0 Å². The Bertz CT molecular complexity index is 647. The summed E-state index contributed by atoms with van der Waals surface area (Å²) in [6.07, 6.45) is 2.63. The molecule has 2 atom stereocenters. The van der Waals surface area contributed by atoms with E-state index in [9.17, 15) is 18.5 Å². The van der Waals surface area contributed by atoms with Crippen molar-refractivity contribution in [2.75, 3.05) is 5.43 Å². The standard InChI is InChI=1S/C12H18N4O4S/c1-8-3-2-4-10(8)15-21(19,20)12-7-9(14-13)5-6-11(12)16(17)18/h5-8,10,14-15H,2-4,13H2,1H3. The lowest BCUT2D eigenvalue weighted by Crippen LogP contribution is -2.36. The molecule has 1 fully saturated rings. The number of sulfonamides is 1. The Kier molecular flexibility index (Phi) is 4.45. The van der Waals surface area contributed by atoms with Crippen LogP contribution in [0.3, 0.4) is 0 Å². The summed E-state index contributed by atoms with van der Waals surface area (Å²) in [6, 6.07) is 3.46. The van der Waals surface area contributed by atoms with Crippen LogP contribution in [0, 0.1) is 16.0 Å². The van der Waals surface area contributed by atoms with Crippen molar-refractivity contribution in [2.45, 2.75) is 37.1 Å². The number of rotatable bonds is 5. The average Bonchev–Trinajstić information content (AvgIpc) is 2.82. The second kappa shape index (κ2) is 5.96. The van der Waals surface area contributed by atoms with E-state index < -0.39 is 20.6 Å². The van der Waals surface area contributed by atoms with Crippen molar-refractivity contribution < 1.29 is 13.3 Å². The zero-order chi connectivity index (χ0) is 15.6. The third-order valence-electron chi connectivity index (χ3n) is 3.78.